The van der Waals surface area contributed by atoms with Gasteiger partial charge in [-0.25, -0.2) is 0 Å². The molecule has 0 spiro atoms. The summed E-state index contributed by atoms with van der Waals surface area (Å²) in [5.41, 5.74) is 0. The van der Waals surface area contributed by atoms with Crippen LogP contribution in [-0.4, -0.2) is 88.9 Å². The maximum absolute atomic E-state index is 6.06. The molecule has 7 heteroatoms. The molecule has 3 aliphatic rings. The summed E-state index contributed by atoms with van der Waals surface area (Å²) in [7, 11) is 1.86. The van der Waals surface area contributed by atoms with Crippen molar-refractivity contribution in [2.45, 2.75) is 63.3 Å². The minimum atomic E-state index is 0.320. The highest BCUT2D eigenvalue weighted by Gasteiger charge is 2.24. The van der Waals surface area contributed by atoms with E-state index in [4.69, 9.17) is 18.9 Å². The average Bonchev–Trinajstić information content (AvgIpc) is 3.24. The summed E-state index contributed by atoms with van der Waals surface area (Å²) >= 11 is 0. The minimum absolute atomic E-state index is 0.320. The molecular weight excluding hydrogens is 346 g/mol. The van der Waals surface area contributed by atoms with Crippen LogP contribution in [0.15, 0.2) is 4.99 Å². The Kier molecular flexibility index (Phi) is 9.14. The maximum Gasteiger partial charge on any atom is 0.193 e. The summed E-state index contributed by atoms with van der Waals surface area (Å²) in [5, 5.41) is 3.48. The van der Waals surface area contributed by atoms with Crippen molar-refractivity contribution in [1.29, 1.82) is 0 Å². The number of piperidine rings is 1. The smallest absolute Gasteiger partial charge is 0.193 e. The summed E-state index contributed by atoms with van der Waals surface area (Å²) in [4.78, 5) is 6.79. The number of ether oxygens (including phenoxy) is 4. The summed E-state index contributed by atoms with van der Waals surface area (Å²) in [6, 6.07) is 0. The molecule has 0 bridgehead atoms. The molecule has 0 radical (unpaired) electrons. The third-order valence-corrected chi connectivity index (χ3v) is 5.62. The van der Waals surface area contributed by atoms with Crippen LogP contribution in [0.25, 0.3) is 0 Å². The van der Waals surface area contributed by atoms with Crippen molar-refractivity contribution in [2.24, 2.45) is 4.99 Å². The third-order valence-electron chi connectivity index (χ3n) is 5.62. The molecule has 3 saturated heterocycles. The fraction of sp³-hybridized carbons (Fsp3) is 0.950. The topological polar surface area (TPSA) is 64.6 Å². The van der Waals surface area contributed by atoms with E-state index in [1.807, 2.05) is 7.05 Å². The minimum Gasteiger partial charge on any atom is -0.381 e. The quantitative estimate of drug-likeness (QED) is 0.392. The molecule has 0 aliphatic carbocycles. The second-order valence-electron chi connectivity index (χ2n) is 7.66. The van der Waals surface area contributed by atoms with E-state index in [1.54, 1.807) is 0 Å². The predicted molar refractivity (Wildman–Crippen MR) is 105 cm³/mol. The van der Waals surface area contributed by atoms with Gasteiger partial charge in [-0.2, -0.15) is 0 Å². The molecule has 0 saturated carbocycles. The van der Waals surface area contributed by atoms with Gasteiger partial charge in [-0.05, 0) is 44.9 Å². The lowest BCUT2D eigenvalue weighted by molar-refractivity contribution is -0.0368. The van der Waals surface area contributed by atoms with E-state index in [9.17, 15) is 0 Å². The lowest BCUT2D eigenvalue weighted by Gasteiger charge is -2.34. The molecule has 0 amide bonds. The van der Waals surface area contributed by atoms with E-state index in [-0.39, 0.29) is 0 Å². The van der Waals surface area contributed by atoms with Crippen LogP contribution < -0.4 is 5.32 Å². The largest absolute Gasteiger partial charge is 0.381 e. The van der Waals surface area contributed by atoms with Crippen molar-refractivity contribution in [3.63, 3.8) is 0 Å². The highest BCUT2D eigenvalue weighted by atomic mass is 16.5. The predicted octanol–water partition coefficient (Wildman–Crippen LogP) is 1.81. The Morgan fingerprint density at radius 3 is 2.52 bits per heavy atom. The van der Waals surface area contributed by atoms with E-state index in [0.717, 1.165) is 97.2 Å². The number of aliphatic imine (C=N–C) groups is 1. The Bertz CT molecular complexity index is 429. The van der Waals surface area contributed by atoms with E-state index >= 15 is 0 Å². The normalized spacial score (nSPS) is 25.9. The molecule has 7 nitrogen and oxygen atoms in total. The van der Waals surface area contributed by atoms with Crippen molar-refractivity contribution in [2.75, 3.05) is 59.7 Å². The Labute approximate surface area is 163 Å². The molecule has 0 aromatic heterocycles. The van der Waals surface area contributed by atoms with Crippen LogP contribution in [0.5, 0.6) is 0 Å². The first-order valence-corrected chi connectivity index (χ1v) is 10.7. The van der Waals surface area contributed by atoms with Crippen molar-refractivity contribution in [3.05, 3.63) is 0 Å². The Morgan fingerprint density at radius 1 is 1.04 bits per heavy atom. The van der Waals surface area contributed by atoms with Crippen LogP contribution in [0.2, 0.25) is 0 Å². The monoisotopic (exact) mass is 383 g/mol. The second-order valence-corrected chi connectivity index (χ2v) is 7.66. The number of likely N-dealkylation sites (tertiary alicyclic amines) is 1. The second kappa shape index (κ2) is 11.8. The molecule has 0 aromatic rings. The van der Waals surface area contributed by atoms with Crippen molar-refractivity contribution < 1.29 is 18.9 Å². The molecular formula is C20H37N3O4. The zero-order valence-corrected chi connectivity index (χ0v) is 16.9. The van der Waals surface area contributed by atoms with E-state index in [0.29, 0.717) is 18.3 Å². The van der Waals surface area contributed by atoms with Gasteiger partial charge in [-0.1, -0.05) is 0 Å². The summed E-state index contributed by atoms with van der Waals surface area (Å²) < 4.78 is 23.0. The average molecular weight is 384 g/mol. The van der Waals surface area contributed by atoms with Gasteiger partial charge in [0.1, 0.15) is 0 Å². The van der Waals surface area contributed by atoms with Crippen LogP contribution in [0.3, 0.4) is 0 Å². The van der Waals surface area contributed by atoms with Crippen molar-refractivity contribution in [1.82, 2.24) is 10.2 Å². The Balaban J connectivity index is 1.24. The van der Waals surface area contributed by atoms with Crippen LogP contribution in [0.1, 0.15) is 44.9 Å². The molecule has 3 aliphatic heterocycles. The number of guanidine groups is 1. The third kappa shape index (κ3) is 7.22. The maximum atomic E-state index is 6.06. The first-order chi connectivity index (χ1) is 13.3. The van der Waals surface area contributed by atoms with Gasteiger partial charge >= 0.3 is 0 Å². The van der Waals surface area contributed by atoms with Crippen LogP contribution in [0.4, 0.5) is 0 Å². The van der Waals surface area contributed by atoms with Gasteiger partial charge in [0.25, 0.3) is 0 Å². The molecule has 3 fully saturated rings. The van der Waals surface area contributed by atoms with Crippen LogP contribution >= 0.6 is 0 Å². The molecule has 1 atom stereocenters. The number of rotatable bonds is 8. The SMILES string of the molecule is CN=C(NCCCOC1CCOCC1)N1CCC(OCC2CCCO2)CC1. The molecule has 3 rings (SSSR count). The van der Waals surface area contributed by atoms with Gasteiger partial charge in [-0.3, -0.25) is 4.99 Å². The van der Waals surface area contributed by atoms with E-state index in [1.165, 1.54) is 6.42 Å². The number of nitrogens with zero attached hydrogens (tertiary/aromatic N) is 2. The summed E-state index contributed by atoms with van der Waals surface area (Å²) in [5.74, 6) is 0.999. The number of nitrogens with one attached hydrogen (secondary N) is 1. The standard InChI is InChI=1S/C20H37N3O4/c1-21-20(22-9-3-13-25-18-7-14-24-15-8-18)23-10-5-17(6-11-23)27-16-19-4-2-12-26-19/h17-19H,2-16H2,1H3,(H,21,22). The lowest BCUT2D eigenvalue weighted by atomic mass is 10.1. The highest BCUT2D eigenvalue weighted by Crippen LogP contribution is 2.18. The molecule has 0 aromatic carbocycles. The highest BCUT2D eigenvalue weighted by molar-refractivity contribution is 5.79. The lowest BCUT2D eigenvalue weighted by Crippen LogP contribution is -2.47. The summed E-state index contributed by atoms with van der Waals surface area (Å²) in [6.45, 7) is 7.01. The fourth-order valence-electron chi connectivity index (χ4n) is 3.95. The molecule has 1 unspecified atom stereocenters. The Morgan fingerprint density at radius 2 is 1.81 bits per heavy atom. The first kappa shape index (κ1) is 20.8. The molecule has 3 heterocycles. The van der Waals surface area contributed by atoms with E-state index in [2.05, 4.69) is 15.2 Å². The van der Waals surface area contributed by atoms with Gasteiger partial charge in [0, 0.05) is 53.1 Å². The van der Waals surface area contributed by atoms with Crippen LogP contribution in [0, 0.1) is 0 Å². The summed E-state index contributed by atoms with van der Waals surface area (Å²) in [6.07, 6.45) is 8.54. The zero-order valence-electron chi connectivity index (χ0n) is 16.9. The van der Waals surface area contributed by atoms with Gasteiger partial charge in [0.05, 0.1) is 24.9 Å². The van der Waals surface area contributed by atoms with Gasteiger partial charge in [0.2, 0.25) is 0 Å². The molecule has 156 valence electrons. The van der Waals surface area contributed by atoms with Crippen molar-refractivity contribution >= 4 is 5.96 Å². The first-order valence-electron chi connectivity index (χ1n) is 10.7. The van der Waals surface area contributed by atoms with Gasteiger partial charge in [0.15, 0.2) is 5.96 Å². The van der Waals surface area contributed by atoms with Gasteiger partial charge in [-0.15, -0.1) is 0 Å². The van der Waals surface area contributed by atoms with Crippen molar-refractivity contribution in [3.8, 4) is 0 Å². The fourth-order valence-corrected chi connectivity index (χ4v) is 3.95. The van der Waals surface area contributed by atoms with E-state index < -0.39 is 0 Å². The molecule has 27 heavy (non-hydrogen) atoms. The van der Waals surface area contributed by atoms with Gasteiger partial charge < -0.3 is 29.2 Å². The Hall–Kier alpha value is -0.890. The van der Waals surface area contributed by atoms with Crippen LogP contribution in [-0.2, 0) is 18.9 Å². The number of hydrogen-bond donors (Lipinski definition) is 1. The zero-order chi connectivity index (χ0) is 18.7. The number of hydrogen-bond acceptors (Lipinski definition) is 5. The molecule has 1 N–H and O–H groups in total.